The maximum absolute atomic E-state index is 12.5. The van der Waals surface area contributed by atoms with Crippen LogP contribution in [-0.2, 0) is 14.3 Å². The highest BCUT2D eigenvalue weighted by molar-refractivity contribution is 5.80. The van der Waals surface area contributed by atoms with Crippen LogP contribution in [0.2, 0.25) is 0 Å². The highest BCUT2D eigenvalue weighted by atomic mass is 16.5. The first-order valence-corrected chi connectivity index (χ1v) is 11.1. The third-order valence-electron chi connectivity index (χ3n) is 6.44. The number of nitrogens with one attached hydrogen (secondary N) is 2. The Morgan fingerprint density at radius 3 is 2.19 bits per heavy atom. The topological polar surface area (TPSA) is 105 Å². The maximum Gasteiger partial charge on any atom is 0.407 e. The minimum atomic E-state index is -0.821. The lowest BCUT2D eigenvalue weighted by Crippen LogP contribution is -2.48. The molecule has 0 radical (unpaired) electrons. The van der Waals surface area contributed by atoms with E-state index in [0.717, 1.165) is 11.1 Å². The Labute approximate surface area is 187 Å². The second-order valence-electron chi connectivity index (χ2n) is 8.55. The zero-order chi connectivity index (χ0) is 22.7. The second-order valence-corrected chi connectivity index (χ2v) is 8.55. The van der Waals surface area contributed by atoms with Crippen molar-refractivity contribution >= 4 is 18.0 Å². The van der Waals surface area contributed by atoms with E-state index in [9.17, 15) is 14.4 Å². The van der Waals surface area contributed by atoms with Gasteiger partial charge in [-0.25, -0.2) is 4.79 Å². The first-order valence-electron chi connectivity index (χ1n) is 11.1. The van der Waals surface area contributed by atoms with Crippen molar-refractivity contribution in [2.45, 2.75) is 50.6 Å². The van der Waals surface area contributed by atoms with Crippen LogP contribution < -0.4 is 10.6 Å². The molecule has 1 atom stereocenters. The van der Waals surface area contributed by atoms with E-state index in [2.05, 4.69) is 34.9 Å². The van der Waals surface area contributed by atoms with Crippen molar-refractivity contribution in [2.24, 2.45) is 5.92 Å². The predicted molar refractivity (Wildman–Crippen MR) is 119 cm³/mol. The molecule has 0 saturated heterocycles. The van der Waals surface area contributed by atoms with Crippen LogP contribution in [0.5, 0.6) is 0 Å². The van der Waals surface area contributed by atoms with Crippen molar-refractivity contribution in [3.8, 4) is 11.1 Å². The molecule has 1 fully saturated rings. The van der Waals surface area contributed by atoms with Crippen molar-refractivity contribution < 1.29 is 24.2 Å². The summed E-state index contributed by atoms with van der Waals surface area (Å²) >= 11 is 0. The Bertz CT molecular complexity index is 969. The van der Waals surface area contributed by atoms with Crippen LogP contribution in [0.15, 0.2) is 48.5 Å². The van der Waals surface area contributed by atoms with Gasteiger partial charge in [0.1, 0.15) is 6.61 Å². The molecule has 7 heteroatoms. The molecule has 2 aromatic rings. The number of carbonyl (C=O) groups excluding carboxylic acids is 2. The van der Waals surface area contributed by atoms with E-state index in [-0.39, 0.29) is 42.9 Å². The van der Waals surface area contributed by atoms with Gasteiger partial charge in [0.05, 0.1) is 5.92 Å². The van der Waals surface area contributed by atoms with Gasteiger partial charge in [0.25, 0.3) is 0 Å². The largest absolute Gasteiger partial charge is 0.481 e. The number of rotatable bonds is 8. The molecular formula is C25H28N2O5. The molecule has 2 aliphatic rings. The van der Waals surface area contributed by atoms with E-state index in [1.165, 1.54) is 11.1 Å². The van der Waals surface area contributed by atoms with E-state index in [4.69, 9.17) is 9.84 Å². The first kappa shape index (κ1) is 21.9. The predicted octanol–water partition coefficient (Wildman–Crippen LogP) is 3.67. The van der Waals surface area contributed by atoms with E-state index in [1.54, 1.807) is 0 Å². The summed E-state index contributed by atoms with van der Waals surface area (Å²) in [6.07, 6.45) is 1.09. The van der Waals surface area contributed by atoms with Crippen molar-refractivity contribution in [1.82, 2.24) is 10.6 Å². The first-order chi connectivity index (χ1) is 15.5. The van der Waals surface area contributed by atoms with Crippen molar-refractivity contribution in [3.05, 3.63) is 59.7 Å². The average Bonchev–Trinajstić information content (AvgIpc) is 3.07. The highest BCUT2D eigenvalue weighted by Crippen LogP contribution is 2.44. The Kier molecular flexibility index (Phi) is 6.44. The van der Waals surface area contributed by atoms with Crippen LogP contribution in [0.1, 0.15) is 49.7 Å². The number of aliphatic carboxylic acids is 1. The van der Waals surface area contributed by atoms with Gasteiger partial charge in [0.2, 0.25) is 5.91 Å². The number of carboxylic acids is 1. The molecule has 2 amide bonds. The Balaban J connectivity index is 1.28. The van der Waals surface area contributed by atoms with Crippen molar-refractivity contribution in [2.75, 3.05) is 6.61 Å². The van der Waals surface area contributed by atoms with E-state index >= 15 is 0 Å². The van der Waals surface area contributed by atoms with Gasteiger partial charge in [-0.2, -0.15) is 0 Å². The summed E-state index contributed by atoms with van der Waals surface area (Å²) in [6, 6.07) is 15.8. The molecular weight excluding hydrogens is 408 g/mol. The van der Waals surface area contributed by atoms with Gasteiger partial charge < -0.3 is 20.5 Å². The molecule has 4 rings (SSSR count). The molecule has 7 nitrogen and oxygen atoms in total. The molecule has 0 bridgehead atoms. The third-order valence-corrected chi connectivity index (χ3v) is 6.44. The van der Waals surface area contributed by atoms with E-state index in [1.807, 2.05) is 31.2 Å². The number of alkyl carbamates (subject to hydrolysis) is 1. The Morgan fingerprint density at radius 1 is 1.03 bits per heavy atom. The Hall–Kier alpha value is -3.35. The monoisotopic (exact) mass is 436 g/mol. The summed E-state index contributed by atoms with van der Waals surface area (Å²) in [7, 11) is 0. The molecule has 0 unspecified atom stereocenters. The molecule has 168 valence electrons. The fourth-order valence-corrected chi connectivity index (χ4v) is 4.55. The molecule has 32 heavy (non-hydrogen) atoms. The number of ether oxygens (including phenoxy) is 1. The zero-order valence-electron chi connectivity index (χ0n) is 18.0. The number of hydrogen-bond donors (Lipinski definition) is 3. The summed E-state index contributed by atoms with van der Waals surface area (Å²) in [4.78, 5) is 35.6. The summed E-state index contributed by atoms with van der Waals surface area (Å²) < 4.78 is 5.56. The van der Waals surface area contributed by atoms with Gasteiger partial charge in [-0.15, -0.1) is 0 Å². The van der Waals surface area contributed by atoms with Gasteiger partial charge in [0.15, 0.2) is 0 Å². The Morgan fingerprint density at radius 2 is 1.62 bits per heavy atom. The summed E-state index contributed by atoms with van der Waals surface area (Å²) in [5.41, 5.74) is 4.63. The van der Waals surface area contributed by atoms with Crippen LogP contribution in [0.3, 0.4) is 0 Å². The molecule has 2 aromatic carbocycles. The van der Waals surface area contributed by atoms with Gasteiger partial charge >= 0.3 is 12.1 Å². The SMILES string of the molecule is CC[C@@H](CC(=O)NC1CC(C(=O)O)C1)NC(=O)OCC1c2ccccc2-c2ccccc21. The molecule has 2 aliphatic carbocycles. The van der Waals surface area contributed by atoms with Crippen LogP contribution in [0.25, 0.3) is 11.1 Å². The number of fused-ring (bicyclic) bond motifs is 3. The fraction of sp³-hybridized carbons (Fsp3) is 0.400. The van der Waals surface area contributed by atoms with Crippen LogP contribution in [-0.4, -0.2) is 41.8 Å². The summed E-state index contributed by atoms with van der Waals surface area (Å²) in [5, 5.41) is 14.6. The van der Waals surface area contributed by atoms with E-state index in [0.29, 0.717) is 19.3 Å². The molecule has 0 aromatic heterocycles. The summed E-state index contributed by atoms with van der Waals surface area (Å²) in [6.45, 7) is 2.12. The molecule has 1 saturated carbocycles. The third kappa shape index (κ3) is 4.61. The average molecular weight is 437 g/mol. The van der Waals surface area contributed by atoms with Gasteiger partial charge in [-0.3, -0.25) is 9.59 Å². The summed E-state index contributed by atoms with van der Waals surface area (Å²) in [5.74, 6) is -1.40. The standard InChI is InChI=1S/C25H28N2O5/c1-2-16(13-23(28)26-17-11-15(12-17)24(29)30)27-25(31)32-14-22-20-9-5-3-7-18(20)19-8-4-6-10-21(19)22/h3-10,15-17,22H,2,11-14H2,1H3,(H,26,28)(H,27,31)(H,29,30)/t15?,16-,17?/m0/s1. The van der Waals surface area contributed by atoms with Gasteiger partial charge in [-0.05, 0) is 41.5 Å². The normalized spacial score (nSPS) is 19.8. The molecule has 0 heterocycles. The number of amides is 2. The lowest BCUT2D eigenvalue weighted by molar-refractivity contribution is -0.146. The molecule has 3 N–H and O–H groups in total. The minimum Gasteiger partial charge on any atom is -0.481 e. The van der Waals surface area contributed by atoms with E-state index < -0.39 is 12.1 Å². The molecule has 0 aliphatic heterocycles. The van der Waals surface area contributed by atoms with Gasteiger partial charge in [0, 0.05) is 24.4 Å². The van der Waals surface area contributed by atoms with Gasteiger partial charge in [-0.1, -0.05) is 55.5 Å². The minimum absolute atomic E-state index is 0.0164. The lowest BCUT2D eigenvalue weighted by atomic mass is 9.80. The number of benzene rings is 2. The smallest absolute Gasteiger partial charge is 0.407 e. The highest BCUT2D eigenvalue weighted by Gasteiger charge is 2.35. The van der Waals surface area contributed by atoms with Crippen molar-refractivity contribution in [3.63, 3.8) is 0 Å². The van der Waals surface area contributed by atoms with Crippen LogP contribution in [0, 0.1) is 5.92 Å². The number of carbonyl (C=O) groups is 3. The number of hydrogen-bond acceptors (Lipinski definition) is 4. The van der Waals surface area contributed by atoms with Crippen molar-refractivity contribution in [1.29, 1.82) is 0 Å². The molecule has 0 spiro atoms. The fourth-order valence-electron chi connectivity index (χ4n) is 4.55. The van der Waals surface area contributed by atoms with Crippen LogP contribution in [0.4, 0.5) is 4.79 Å². The van der Waals surface area contributed by atoms with Crippen LogP contribution >= 0.6 is 0 Å². The number of carboxylic acid groups (broad SMARTS) is 1. The zero-order valence-corrected chi connectivity index (χ0v) is 18.0. The quantitative estimate of drug-likeness (QED) is 0.586. The maximum atomic E-state index is 12.5. The lowest BCUT2D eigenvalue weighted by Gasteiger charge is -2.33. The second kappa shape index (κ2) is 9.42.